The minimum absolute atomic E-state index is 0.00210. The van der Waals surface area contributed by atoms with Gasteiger partial charge in [-0.15, -0.1) is 23.1 Å². The highest BCUT2D eigenvalue weighted by Gasteiger charge is 2.33. The Bertz CT molecular complexity index is 1580. The Morgan fingerprint density at radius 2 is 1.79 bits per heavy atom. The smallest absolute Gasteiger partial charge is 0.253 e. The Morgan fingerprint density at radius 1 is 1.00 bits per heavy atom. The van der Waals surface area contributed by atoms with E-state index in [4.69, 9.17) is 9.84 Å². The first-order valence-corrected chi connectivity index (χ1v) is 14.4. The van der Waals surface area contributed by atoms with Crippen LogP contribution in [0, 0.1) is 0 Å². The fourth-order valence-corrected chi connectivity index (χ4v) is 6.52. The molecule has 1 atom stereocenters. The fourth-order valence-electron chi connectivity index (χ4n) is 4.86. The van der Waals surface area contributed by atoms with Gasteiger partial charge in [0.05, 0.1) is 29.5 Å². The molecule has 5 aromatic rings. The maximum Gasteiger partial charge on any atom is 0.253 e. The predicted molar refractivity (Wildman–Crippen MR) is 156 cm³/mol. The van der Waals surface area contributed by atoms with Gasteiger partial charge in [0.1, 0.15) is 5.75 Å². The Balaban J connectivity index is 1.25. The summed E-state index contributed by atoms with van der Waals surface area (Å²) in [6.07, 6.45) is 2.86. The van der Waals surface area contributed by atoms with Crippen molar-refractivity contribution in [2.75, 3.05) is 12.9 Å². The van der Waals surface area contributed by atoms with Crippen LogP contribution in [0.2, 0.25) is 0 Å². The number of para-hydroxylation sites is 1. The van der Waals surface area contributed by atoms with E-state index in [-0.39, 0.29) is 11.9 Å². The van der Waals surface area contributed by atoms with Gasteiger partial charge in [-0.25, -0.2) is 5.01 Å². The van der Waals surface area contributed by atoms with E-state index in [9.17, 15) is 4.79 Å². The number of hydrogen-bond acceptors (Lipinski definition) is 5. The third kappa shape index (κ3) is 4.99. The maximum absolute atomic E-state index is 13.6. The topological polar surface area (TPSA) is 46.8 Å². The van der Waals surface area contributed by atoms with Gasteiger partial charge < -0.3 is 9.30 Å². The first kappa shape index (κ1) is 24.5. The van der Waals surface area contributed by atoms with Gasteiger partial charge in [0.25, 0.3) is 5.91 Å². The summed E-state index contributed by atoms with van der Waals surface area (Å²) in [5.41, 5.74) is 4.43. The van der Waals surface area contributed by atoms with E-state index in [0.29, 0.717) is 12.2 Å². The number of carbonyl (C=O) groups excluding carboxylic acids is 1. The molecule has 0 fully saturated rings. The Labute approximate surface area is 230 Å². The number of thiophene rings is 1. The van der Waals surface area contributed by atoms with E-state index in [1.165, 1.54) is 11.1 Å². The molecule has 0 bridgehead atoms. The molecule has 7 heteroatoms. The summed E-state index contributed by atoms with van der Waals surface area (Å²) >= 11 is 3.24. The van der Waals surface area contributed by atoms with E-state index in [1.807, 2.05) is 41.8 Å². The molecule has 5 nitrogen and oxygen atoms in total. The molecular weight excluding hydrogens is 510 g/mol. The van der Waals surface area contributed by atoms with Crippen LogP contribution in [0.4, 0.5) is 0 Å². The summed E-state index contributed by atoms with van der Waals surface area (Å²) in [4.78, 5) is 15.9. The molecule has 2 aromatic heterocycles. The zero-order valence-corrected chi connectivity index (χ0v) is 22.6. The second kappa shape index (κ2) is 10.9. The van der Waals surface area contributed by atoms with E-state index in [0.717, 1.165) is 38.7 Å². The number of aromatic nitrogens is 1. The maximum atomic E-state index is 13.6. The van der Waals surface area contributed by atoms with Gasteiger partial charge in [-0.1, -0.05) is 66.7 Å². The molecule has 38 heavy (non-hydrogen) atoms. The molecule has 6 rings (SSSR count). The van der Waals surface area contributed by atoms with Crippen LogP contribution < -0.4 is 4.74 Å². The SMILES string of the molecule is COc1ccc([C@H]2CC(c3cccs3)=NN2C(=O)CSc2cn(Cc3ccccc3)c3ccccc23)cc1. The van der Waals surface area contributed by atoms with Crippen LogP contribution in [0.1, 0.15) is 28.5 Å². The molecule has 3 aromatic carbocycles. The van der Waals surface area contributed by atoms with Crippen molar-refractivity contribution >= 4 is 45.6 Å². The number of ether oxygens (including phenoxy) is 1. The van der Waals surface area contributed by atoms with Crippen LogP contribution in [0.15, 0.2) is 113 Å². The van der Waals surface area contributed by atoms with Crippen LogP contribution in [0.3, 0.4) is 0 Å². The third-order valence-electron chi connectivity index (χ3n) is 6.77. The molecule has 0 saturated carbocycles. The number of benzene rings is 3. The van der Waals surface area contributed by atoms with Gasteiger partial charge in [-0.05, 0) is 40.8 Å². The largest absolute Gasteiger partial charge is 0.497 e. The normalized spacial score (nSPS) is 15.1. The molecule has 0 N–H and O–H groups in total. The molecule has 0 saturated heterocycles. The van der Waals surface area contributed by atoms with Crippen molar-refractivity contribution in [3.63, 3.8) is 0 Å². The van der Waals surface area contributed by atoms with Crippen molar-refractivity contribution in [3.05, 3.63) is 119 Å². The first-order valence-electron chi connectivity index (χ1n) is 12.5. The Hall–Kier alpha value is -3.81. The van der Waals surface area contributed by atoms with E-state index in [1.54, 1.807) is 35.2 Å². The summed E-state index contributed by atoms with van der Waals surface area (Å²) < 4.78 is 7.60. The monoisotopic (exact) mass is 537 g/mol. The van der Waals surface area contributed by atoms with Crippen molar-refractivity contribution in [1.29, 1.82) is 0 Å². The van der Waals surface area contributed by atoms with Gasteiger partial charge in [0, 0.05) is 35.0 Å². The number of thioether (sulfide) groups is 1. The lowest BCUT2D eigenvalue weighted by Gasteiger charge is -2.22. The Morgan fingerprint density at radius 3 is 2.55 bits per heavy atom. The summed E-state index contributed by atoms with van der Waals surface area (Å²) in [6.45, 7) is 0.788. The molecule has 1 aliphatic rings. The number of amides is 1. The molecular formula is C31H27N3O2S2. The summed E-state index contributed by atoms with van der Waals surface area (Å²) in [7, 11) is 1.66. The highest BCUT2D eigenvalue weighted by Crippen LogP contribution is 2.36. The number of methoxy groups -OCH3 is 1. The van der Waals surface area contributed by atoms with E-state index < -0.39 is 0 Å². The van der Waals surface area contributed by atoms with Crippen LogP contribution >= 0.6 is 23.1 Å². The van der Waals surface area contributed by atoms with Crippen molar-refractivity contribution < 1.29 is 9.53 Å². The molecule has 3 heterocycles. The molecule has 0 spiro atoms. The number of hydrogen-bond donors (Lipinski definition) is 0. The Kier molecular flexibility index (Phi) is 7.03. The number of carbonyl (C=O) groups is 1. The molecule has 1 amide bonds. The predicted octanol–water partition coefficient (Wildman–Crippen LogP) is 7.23. The number of nitrogens with zero attached hydrogens (tertiary/aromatic N) is 3. The molecule has 190 valence electrons. The number of rotatable bonds is 8. The van der Waals surface area contributed by atoms with Crippen molar-refractivity contribution in [2.24, 2.45) is 5.10 Å². The van der Waals surface area contributed by atoms with Crippen molar-refractivity contribution in [1.82, 2.24) is 9.58 Å². The average molecular weight is 538 g/mol. The molecule has 0 radical (unpaired) electrons. The van der Waals surface area contributed by atoms with Gasteiger partial charge >= 0.3 is 0 Å². The lowest BCUT2D eigenvalue weighted by atomic mass is 10.0. The minimum atomic E-state index is -0.134. The average Bonchev–Trinajstić information content (AvgIpc) is 3.72. The highest BCUT2D eigenvalue weighted by atomic mass is 32.2. The van der Waals surface area contributed by atoms with Crippen molar-refractivity contribution in [3.8, 4) is 5.75 Å². The number of fused-ring (bicyclic) bond motifs is 1. The second-order valence-corrected chi connectivity index (χ2v) is 11.1. The third-order valence-corrected chi connectivity index (χ3v) is 8.72. The first-order chi connectivity index (χ1) is 18.7. The van der Waals surface area contributed by atoms with E-state index >= 15 is 0 Å². The van der Waals surface area contributed by atoms with Crippen LogP contribution in [0.25, 0.3) is 10.9 Å². The second-order valence-electron chi connectivity index (χ2n) is 9.17. The van der Waals surface area contributed by atoms with E-state index in [2.05, 4.69) is 65.4 Å². The van der Waals surface area contributed by atoms with Crippen molar-refractivity contribution in [2.45, 2.75) is 23.9 Å². The molecule has 0 aliphatic carbocycles. The minimum Gasteiger partial charge on any atom is -0.497 e. The quantitative estimate of drug-likeness (QED) is 0.196. The zero-order chi connectivity index (χ0) is 25.9. The summed E-state index contributed by atoms with van der Waals surface area (Å²) in [5.74, 6) is 1.11. The standard InChI is InChI=1S/C31H27N3O2S2/c1-36-24-15-13-23(14-16-24)28-18-26(29-12-7-17-37-29)32-34(28)31(35)21-38-30-20-33(19-22-8-3-2-4-9-22)27-11-6-5-10-25(27)30/h2-17,20,28H,18-19,21H2,1H3/t28-/m1/s1. The zero-order valence-electron chi connectivity index (χ0n) is 21.0. The molecule has 0 unspecified atom stereocenters. The van der Waals surface area contributed by atoms with Gasteiger partial charge in [0.15, 0.2) is 0 Å². The summed E-state index contributed by atoms with van der Waals surface area (Å²) in [6, 6.07) is 30.7. The summed E-state index contributed by atoms with van der Waals surface area (Å²) in [5, 5.41) is 9.73. The number of hydrazone groups is 1. The van der Waals surface area contributed by atoms with Crippen LogP contribution in [-0.4, -0.2) is 34.1 Å². The highest BCUT2D eigenvalue weighted by molar-refractivity contribution is 8.00. The fraction of sp³-hybridized carbons (Fsp3) is 0.161. The lowest BCUT2D eigenvalue weighted by Crippen LogP contribution is -2.28. The van der Waals surface area contributed by atoms with Crippen LogP contribution in [0.5, 0.6) is 5.75 Å². The van der Waals surface area contributed by atoms with Gasteiger partial charge in [-0.3, -0.25) is 4.79 Å². The lowest BCUT2D eigenvalue weighted by molar-refractivity contribution is -0.130. The van der Waals surface area contributed by atoms with Crippen LogP contribution in [-0.2, 0) is 11.3 Å². The van der Waals surface area contributed by atoms with Gasteiger partial charge in [0.2, 0.25) is 0 Å². The van der Waals surface area contributed by atoms with Gasteiger partial charge in [-0.2, -0.15) is 5.10 Å². The molecule has 1 aliphatic heterocycles.